The largest absolute Gasteiger partial charge is 0.504 e. The van der Waals surface area contributed by atoms with Gasteiger partial charge in [0.05, 0.1) is 0 Å². The lowest BCUT2D eigenvalue weighted by Gasteiger charge is -2.29. The van der Waals surface area contributed by atoms with Crippen LogP contribution in [0.1, 0.15) is 11.1 Å². The Balaban J connectivity index is 2.27. The first-order chi connectivity index (χ1) is 14.4. The van der Waals surface area contributed by atoms with Crippen LogP contribution in [0.4, 0.5) is 0 Å². The highest BCUT2D eigenvalue weighted by Crippen LogP contribution is 2.29. The molecule has 11 nitrogen and oxygen atoms in total. The molecule has 31 heavy (non-hydrogen) atoms. The van der Waals surface area contributed by atoms with Gasteiger partial charge in [0.25, 0.3) is 0 Å². The Morgan fingerprint density at radius 1 is 0.903 bits per heavy atom. The van der Waals surface area contributed by atoms with Crippen molar-refractivity contribution in [2.75, 3.05) is 0 Å². The van der Waals surface area contributed by atoms with Crippen molar-refractivity contribution in [1.29, 1.82) is 0 Å². The van der Waals surface area contributed by atoms with Crippen molar-refractivity contribution in [2.24, 2.45) is 0 Å². The summed E-state index contributed by atoms with van der Waals surface area (Å²) in [7, 11) is 0. The van der Waals surface area contributed by atoms with E-state index in [1.807, 2.05) is 0 Å². The second-order valence-corrected chi connectivity index (χ2v) is 6.47. The van der Waals surface area contributed by atoms with Gasteiger partial charge in [-0.15, -0.1) is 0 Å². The maximum absolute atomic E-state index is 12.0. The van der Waals surface area contributed by atoms with Crippen LogP contribution in [0.25, 0.3) is 6.08 Å². The summed E-state index contributed by atoms with van der Waals surface area (Å²) in [5, 5.41) is 66.9. The highest BCUT2D eigenvalue weighted by molar-refractivity contribution is 5.93. The third kappa shape index (κ3) is 5.42. The number of hydrogen-bond acceptors (Lipinski definition) is 9. The molecule has 2 aromatic carbocycles. The van der Waals surface area contributed by atoms with Gasteiger partial charge in [0.1, 0.15) is 0 Å². The average molecular weight is 434 g/mol. The van der Waals surface area contributed by atoms with E-state index in [2.05, 4.69) is 4.74 Å². The van der Waals surface area contributed by atoms with Crippen LogP contribution in [0.15, 0.2) is 42.5 Å². The van der Waals surface area contributed by atoms with Crippen LogP contribution in [-0.4, -0.2) is 65.4 Å². The summed E-state index contributed by atoms with van der Waals surface area (Å²) >= 11 is 0. The Morgan fingerprint density at radius 2 is 1.48 bits per heavy atom. The molecule has 0 aromatic heterocycles. The molecule has 0 fully saturated rings. The van der Waals surface area contributed by atoms with Crippen LogP contribution < -0.4 is 0 Å². The summed E-state index contributed by atoms with van der Waals surface area (Å²) < 4.78 is 4.66. The van der Waals surface area contributed by atoms with Gasteiger partial charge in [0.2, 0.25) is 11.7 Å². The highest BCUT2D eigenvalue weighted by atomic mass is 16.6. The SMILES string of the molecule is O=C(/C=C/c1ccc(O)c(O)c1)O[C@H](C(=O)O)C(O)(Cc1ccc(O)c(O)c1)C(=O)O. The van der Waals surface area contributed by atoms with Gasteiger partial charge in [-0.3, -0.25) is 0 Å². The number of carboxylic acid groups (broad SMARTS) is 2. The number of carbonyl (C=O) groups is 3. The maximum atomic E-state index is 12.0. The van der Waals surface area contributed by atoms with Crippen LogP contribution in [-0.2, 0) is 25.5 Å². The number of hydrogen-bond donors (Lipinski definition) is 7. The normalized spacial score (nSPS) is 14.0. The molecular formula is C20H18O11. The fraction of sp³-hybridized carbons (Fsp3) is 0.150. The van der Waals surface area contributed by atoms with Crippen molar-refractivity contribution in [2.45, 2.75) is 18.1 Å². The van der Waals surface area contributed by atoms with Gasteiger partial charge in [0, 0.05) is 12.5 Å². The number of aliphatic carboxylic acids is 2. The Bertz CT molecular complexity index is 1040. The third-order valence-corrected chi connectivity index (χ3v) is 4.19. The second kappa shape index (κ2) is 9.05. The monoisotopic (exact) mass is 434 g/mol. The van der Waals surface area contributed by atoms with E-state index in [1.54, 1.807) is 0 Å². The first-order valence-corrected chi connectivity index (χ1v) is 8.54. The summed E-state index contributed by atoms with van der Waals surface area (Å²) in [6, 6.07) is 6.61. The minimum atomic E-state index is -3.12. The zero-order valence-corrected chi connectivity index (χ0v) is 15.7. The molecule has 11 heteroatoms. The zero-order valence-electron chi connectivity index (χ0n) is 15.7. The minimum Gasteiger partial charge on any atom is -0.504 e. The Labute approximate surface area is 174 Å². The van der Waals surface area contributed by atoms with E-state index in [-0.39, 0.29) is 11.1 Å². The molecule has 0 aliphatic carbocycles. The number of esters is 1. The molecule has 0 aliphatic heterocycles. The lowest BCUT2D eigenvalue weighted by atomic mass is 9.88. The van der Waals surface area contributed by atoms with E-state index >= 15 is 0 Å². The fourth-order valence-electron chi connectivity index (χ4n) is 2.59. The molecule has 0 spiro atoms. The molecule has 0 aliphatic rings. The molecule has 2 aromatic rings. The second-order valence-electron chi connectivity index (χ2n) is 6.47. The van der Waals surface area contributed by atoms with Crippen molar-refractivity contribution in [3.63, 3.8) is 0 Å². The molecule has 0 saturated carbocycles. The van der Waals surface area contributed by atoms with Crippen LogP contribution in [0.2, 0.25) is 0 Å². The summed E-state index contributed by atoms with van der Waals surface area (Å²) in [6.45, 7) is 0. The van der Waals surface area contributed by atoms with Gasteiger partial charge in [0.15, 0.2) is 23.0 Å². The maximum Gasteiger partial charge on any atom is 0.348 e. The number of aromatic hydroxyl groups is 4. The first kappa shape index (κ1) is 23.0. The van der Waals surface area contributed by atoms with E-state index in [0.29, 0.717) is 0 Å². The van der Waals surface area contributed by atoms with Crippen molar-refractivity contribution in [3.8, 4) is 23.0 Å². The molecule has 0 amide bonds. The molecule has 0 heterocycles. The number of carboxylic acids is 2. The molecule has 0 bridgehead atoms. The summed E-state index contributed by atoms with van der Waals surface area (Å²) in [6.07, 6.45) is -1.59. The van der Waals surface area contributed by atoms with E-state index < -0.39 is 59.0 Å². The van der Waals surface area contributed by atoms with E-state index in [9.17, 15) is 50.1 Å². The number of benzene rings is 2. The van der Waals surface area contributed by atoms with Crippen LogP contribution >= 0.6 is 0 Å². The standard InChI is InChI=1S/C20H18O11/c21-12-4-1-10(7-14(12)23)3-6-16(25)31-17(18(26)27)20(30,19(28)29)9-11-2-5-13(22)15(24)8-11/h1-8,17,21-24,30H,9H2,(H,26,27)(H,28,29)/b6-3+/t17-,20?/m1/s1. The predicted molar refractivity (Wildman–Crippen MR) is 102 cm³/mol. The van der Waals surface area contributed by atoms with E-state index in [1.165, 1.54) is 6.07 Å². The summed E-state index contributed by atoms with van der Waals surface area (Å²) in [5.41, 5.74) is -2.94. The summed E-state index contributed by atoms with van der Waals surface area (Å²) in [4.78, 5) is 35.3. The molecule has 1 unspecified atom stereocenters. The number of phenolic OH excluding ortho intramolecular Hbond substituents is 4. The number of aliphatic hydroxyl groups is 1. The minimum absolute atomic E-state index is 0.0578. The Morgan fingerprint density at radius 3 is 2.00 bits per heavy atom. The molecule has 0 saturated heterocycles. The van der Waals surface area contributed by atoms with Crippen molar-refractivity contribution < 1.29 is 54.9 Å². The molecule has 0 radical (unpaired) electrons. The fourth-order valence-corrected chi connectivity index (χ4v) is 2.59. The van der Waals surface area contributed by atoms with Gasteiger partial charge >= 0.3 is 17.9 Å². The van der Waals surface area contributed by atoms with Gasteiger partial charge in [-0.1, -0.05) is 12.1 Å². The molecular weight excluding hydrogens is 416 g/mol. The number of carbonyl (C=O) groups excluding carboxylic acids is 1. The molecule has 2 rings (SSSR count). The van der Waals surface area contributed by atoms with Gasteiger partial charge in [-0.05, 0) is 41.5 Å². The number of rotatable bonds is 8. The summed E-state index contributed by atoms with van der Waals surface area (Å²) in [5.74, 6) is -7.30. The molecule has 2 atom stereocenters. The average Bonchev–Trinajstić information content (AvgIpc) is 2.69. The highest BCUT2D eigenvalue weighted by Gasteiger charge is 2.51. The van der Waals surface area contributed by atoms with Crippen molar-refractivity contribution in [3.05, 3.63) is 53.6 Å². The van der Waals surface area contributed by atoms with E-state index in [0.717, 1.165) is 42.5 Å². The molecule has 164 valence electrons. The Kier molecular flexibility index (Phi) is 6.72. The third-order valence-electron chi connectivity index (χ3n) is 4.19. The van der Waals surface area contributed by atoms with Crippen LogP contribution in [0.5, 0.6) is 23.0 Å². The van der Waals surface area contributed by atoms with Crippen LogP contribution in [0.3, 0.4) is 0 Å². The van der Waals surface area contributed by atoms with Gasteiger partial charge in [-0.2, -0.15) is 0 Å². The van der Waals surface area contributed by atoms with Crippen molar-refractivity contribution >= 4 is 24.0 Å². The smallest absolute Gasteiger partial charge is 0.348 e. The number of phenols is 4. The quantitative estimate of drug-likeness (QED) is 0.174. The van der Waals surface area contributed by atoms with Gasteiger partial charge < -0.3 is 40.5 Å². The lowest BCUT2D eigenvalue weighted by Crippen LogP contribution is -2.56. The molecule has 7 N–H and O–H groups in total. The van der Waals surface area contributed by atoms with Crippen LogP contribution in [0, 0.1) is 0 Å². The Hall–Kier alpha value is -4.25. The lowest BCUT2D eigenvalue weighted by molar-refractivity contribution is -0.192. The zero-order chi connectivity index (χ0) is 23.3. The predicted octanol–water partition coefficient (Wildman–Crippen LogP) is 0.577. The van der Waals surface area contributed by atoms with Gasteiger partial charge in [-0.25, -0.2) is 14.4 Å². The topological polar surface area (TPSA) is 202 Å². The number of ether oxygens (including phenoxy) is 1. The first-order valence-electron chi connectivity index (χ1n) is 8.54. The van der Waals surface area contributed by atoms with E-state index in [4.69, 9.17) is 0 Å². The van der Waals surface area contributed by atoms with Crippen molar-refractivity contribution in [1.82, 2.24) is 0 Å².